The Labute approximate surface area is 92.9 Å². The van der Waals surface area contributed by atoms with Gasteiger partial charge in [0, 0.05) is 19.7 Å². The molecule has 3 unspecified atom stereocenters. The molecule has 4 heteroatoms. The second-order valence-corrected chi connectivity index (χ2v) is 5.22. The van der Waals surface area contributed by atoms with E-state index in [9.17, 15) is 4.79 Å². The molecule has 2 fully saturated rings. The summed E-state index contributed by atoms with van der Waals surface area (Å²) in [6.07, 6.45) is 4.53. The van der Waals surface area contributed by atoms with Gasteiger partial charge in [-0.15, -0.1) is 0 Å². The number of carbonyl (C=O) groups excluding carboxylic acids is 1. The standard InChI is InChI=1S/C10H16BrNO2/c1-14-8-3-2-7(6-8)12-5-4-9(11)10(12)13/h7-9H,2-6H2,1H3. The molecule has 1 heterocycles. The highest BCUT2D eigenvalue weighted by atomic mass is 79.9. The van der Waals surface area contributed by atoms with Gasteiger partial charge in [-0.1, -0.05) is 15.9 Å². The molecule has 1 aliphatic carbocycles. The molecule has 2 aliphatic rings. The fraction of sp³-hybridized carbons (Fsp3) is 0.900. The second kappa shape index (κ2) is 4.19. The average molecular weight is 262 g/mol. The van der Waals surface area contributed by atoms with E-state index in [0.29, 0.717) is 12.1 Å². The van der Waals surface area contributed by atoms with Crippen molar-refractivity contribution in [3.05, 3.63) is 0 Å². The molecule has 0 aromatic rings. The molecule has 0 bridgehead atoms. The van der Waals surface area contributed by atoms with Crippen molar-refractivity contribution in [3.8, 4) is 0 Å². The van der Waals surface area contributed by atoms with Crippen LogP contribution in [0.2, 0.25) is 0 Å². The molecule has 3 atom stereocenters. The van der Waals surface area contributed by atoms with Crippen molar-refractivity contribution in [2.45, 2.75) is 42.7 Å². The van der Waals surface area contributed by atoms with Crippen molar-refractivity contribution in [2.24, 2.45) is 0 Å². The number of nitrogens with zero attached hydrogens (tertiary/aromatic N) is 1. The average Bonchev–Trinajstić information content (AvgIpc) is 2.75. The third-order valence-electron chi connectivity index (χ3n) is 3.31. The van der Waals surface area contributed by atoms with Gasteiger partial charge in [-0.3, -0.25) is 4.79 Å². The van der Waals surface area contributed by atoms with Crippen molar-refractivity contribution < 1.29 is 9.53 Å². The number of methoxy groups -OCH3 is 1. The molecule has 3 nitrogen and oxygen atoms in total. The molecule has 1 saturated heterocycles. The van der Waals surface area contributed by atoms with Gasteiger partial charge in [0.25, 0.3) is 0 Å². The Morgan fingerprint density at radius 3 is 2.71 bits per heavy atom. The van der Waals surface area contributed by atoms with Crippen molar-refractivity contribution in [1.82, 2.24) is 4.90 Å². The summed E-state index contributed by atoms with van der Waals surface area (Å²) in [6, 6.07) is 0.426. The van der Waals surface area contributed by atoms with Gasteiger partial charge < -0.3 is 9.64 Å². The lowest BCUT2D eigenvalue weighted by Gasteiger charge is -2.23. The number of likely N-dealkylation sites (tertiary alicyclic amines) is 1. The van der Waals surface area contributed by atoms with Crippen LogP contribution in [0, 0.1) is 0 Å². The van der Waals surface area contributed by atoms with Crippen molar-refractivity contribution in [1.29, 1.82) is 0 Å². The van der Waals surface area contributed by atoms with Crippen LogP contribution in [0.25, 0.3) is 0 Å². The van der Waals surface area contributed by atoms with E-state index in [4.69, 9.17) is 4.74 Å². The van der Waals surface area contributed by atoms with E-state index in [1.165, 1.54) is 0 Å². The highest BCUT2D eigenvalue weighted by Crippen LogP contribution is 2.30. The molecule has 14 heavy (non-hydrogen) atoms. The van der Waals surface area contributed by atoms with E-state index in [1.807, 2.05) is 4.90 Å². The summed E-state index contributed by atoms with van der Waals surface area (Å²) < 4.78 is 5.31. The fourth-order valence-electron chi connectivity index (χ4n) is 2.44. The summed E-state index contributed by atoms with van der Waals surface area (Å²) in [5.74, 6) is 0.270. The van der Waals surface area contributed by atoms with Crippen LogP contribution in [0.3, 0.4) is 0 Å². The first-order valence-electron chi connectivity index (χ1n) is 5.19. The SMILES string of the molecule is COC1CCC(N2CCC(Br)C2=O)C1. The van der Waals surface area contributed by atoms with Crippen molar-refractivity contribution >= 4 is 21.8 Å². The van der Waals surface area contributed by atoms with E-state index in [1.54, 1.807) is 7.11 Å². The van der Waals surface area contributed by atoms with Crippen LogP contribution in [-0.4, -0.2) is 41.4 Å². The first-order chi connectivity index (χ1) is 6.72. The van der Waals surface area contributed by atoms with Crippen LogP contribution in [0.4, 0.5) is 0 Å². The summed E-state index contributed by atoms with van der Waals surface area (Å²) in [6.45, 7) is 0.913. The lowest BCUT2D eigenvalue weighted by molar-refractivity contribution is -0.129. The van der Waals surface area contributed by atoms with Crippen LogP contribution in [0.15, 0.2) is 0 Å². The molecule has 0 aromatic heterocycles. The van der Waals surface area contributed by atoms with Gasteiger partial charge in [-0.2, -0.15) is 0 Å². The number of rotatable bonds is 2. The monoisotopic (exact) mass is 261 g/mol. The first kappa shape index (κ1) is 10.4. The van der Waals surface area contributed by atoms with Crippen molar-refractivity contribution in [3.63, 3.8) is 0 Å². The van der Waals surface area contributed by atoms with Gasteiger partial charge >= 0.3 is 0 Å². The first-order valence-corrected chi connectivity index (χ1v) is 6.11. The zero-order valence-corrected chi connectivity index (χ0v) is 10.00. The molecular weight excluding hydrogens is 246 g/mol. The fourth-order valence-corrected chi connectivity index (χ4v) is 2.91. The number of amides is 1. The molecule has 80 valence electrons. The number of ether oxygens (including phenoxy) is 1. The number of hydrogen-bond donors (Lipinski definition) is 0. The van der Waals surface area contributed by atoms with Crippen LogP contribution >= 0.6 is 15.9 Å². The van der Waals surface area contributed by atoms with E-state index in [2.05, 4.69) is 15.9 Å². The highest BCUT2D eigenvalue weighted by molar-refractivity contribution is 9.10. The molecule has 0 radical (unpaired) electrons. The molecule has 1 amide bonds. The molecule has 0 aromatic carbocycles. The van der Waals surface area contributed by atoms with Gasteiger partial charge in [0.1, 0.15) is 0 Å². The summed E-state index contributed by atoms with van der Waals surface area (Å²) in [5.41, 5.74) is 0. The van der Waals surface area contributed by atoms with E-state index < -0.39 is 0 Å². The summed E-state index contributed by atoms with van der Waals surface area (Å²) in [4.78, 5) is 13.8. The third kappa shape index (κ3) is 1.82. The third-order valence-corrected chi connectivity index (χ3v) is 4.15. The molecule has 0 N–H and O–H groups in total. The largest absolute Gasteiger partial charge is 0.381 e. The maximum Gasteiger partial charge on any atom is 0.236 e. The van der Waals surface area contributed by atoms with E-state index in [0.717, 1.165) is 32.2 Å². The molecule has 2 rings (SSSR count). The van der Waals surface area contributed by atoms with Gasteiger partial charge in [0.2, 0.25) is 5.91 Å². The number of halogens is 1. The predicted octanol–water partition coefficient (Wildman–Crippen LogP) is 1.55. The van der Waals surface area contributed by atoms with Crippen molar-refractivity contribution in [2.75, 3.05) is 13.7 Å². The maximum atomic E-state index is 11.7. The Morgan fingerprint density at radius 1 is 1.43 bits per heavy atom. The lowest BCUT2D eigenvalue weighted by atomic mass is 10.2. The number of hydrogen-bond acceptors (Lipinski definition) is 2. The van der Waals surface area contributed by atoms with Crippen LogP contribution < -0.4 is 0 Å². The van der Waals surface area contributed by atoms with Gasteiger partial charge in [0.15, 0.2) is 0 Å². The van der Waals surface area contributed by atoms with E-state index >= 15 is 0 Å². The maximum absolute atomic E-state index is 11.7. The van der Waals surface area contributed by atoms with Gasteiger partial charge in [0.05, 0.1) is 10.9 Å². The zero-order valence-electron chi connectivity index (χ0n) is 8.41. The minimum atomic E-state index is 0.0593. The molecule has 1 aliphatic heterocycles. The smallest absolute Gasteiger partial charge is 0.236 e. The molecule has 0 spiro atoms. The van der Waals surface area contributed by atoms with Crippen LogP contribution in [-0.2, 0) is 9.53 Å². The minimum absolute atomic E-state index is 0.0593. The summed E-state index contributed by atoms with van der Waals surface area (Å²) >= 11 is 3.40. The Balaban J connectivity index is 1.94. The van der Waals surface area contributed by atoms with Crippen LogP contribution in [0.5, 0.6) is 0 Å². The molecule has 1 saturated carbocycles. The Bertz CT molecular complexity index is 234. The Morgan fingerprint density at radius 2 is 2.21 bits per heavy atom. The summed E-state index contributed by atoms with van der Waals surface area (Å²) in [5, 5.41) is 0. The zero-order chi connectivity index (χ0) is 10.1. The number of alkyl halides is 1. The van der Waals surface area contributed by atoms with Gasteiger partial charge in [-0.05, 0) is 25.7 Å². The quantitative estimate of drug-likeness (QED) is 0.707. The predicted molar refractivity (Wildman–Crippen MR) is 57.5 cm³/mol. The lowest BCUT2D eigenvalue weighted by Crippen LogP contribution is -2.36. The minimum Gasteiger partial charge on any atom is -0.381 e. The normalized spacial score (nSPS) is 38.3. The molecular formula is C10H16BrNO2. The van der Waals surface area contributed by atoms with Crippen LogP contribution in [0.1, 0.15) is 25.7 Å². The highest BCUT2D eigenvalue weighted by Gasteiger charge is 2.37. The topological polar surface area (TPSA) is 29.5 Å². The number of carbonyl (C=O) groups is 1. The Hall–Kier alpha value is -0.0900. The summed E-state index contributed by atoms with van der Waals surface area (Å²) in [7, 11) is 1.76. The van der Waals surface area contributed by atoms with Gasteiger partial charge in [-0.25, -0.2) is 0 Å². The van der Waals surface area contributed by atoms with E-state index in [-0.39, 0.29) is 10.7 Å². The Kier molecular flexibility index (Phi) is 3.12. The second-order valence-electron chi connectivity index (χ2n) is 4.11.